The smallest absolute Gasteiger partial charge is 0.352 e. The minimum absolute atomic E-state index is 0.00134. The number of hydrogen-bond donors (Lipinski definition) is 2. The fourth-order valence-corrected chi connectivity index (χ4v) is 5.36. The second-order valence-electron chi connectivity index (χ2n) is 7.56. The molecule has 0 unspecified atom stereocenters. The van der Waals surface area contributed by atoms with Crippen molar-refractivity contribution in [1.29, 1.82) is 0 Å². The van der Waals surface area contributed by atoms with Crippen molar-refractivity contribution in [3.8, 4) is 0 Å². The Bertz CT molecular complexity index is 1070. The molecule has 0 aromatic heterocycles. The van der Waals surface area contributed by atoms with Crippen LogP contribution in [0.2, 0.25) is 0 Å². The Kier molecular flexibility index (Phi) is 7.21. The lowest BCUT2D eigenvalue weighted by Crippen LogP contribution is -2.40. The number of sulfonamides is 1. The van der Waals surface area contributed by atoms with Crippen molar-refractivity contribution in [2.45, 2.75) is 42.9 Å². The summed E-state index contributed by atoms with van der Waals surface area (Å²) < 4.78 is 79.2. The molecular formula is C21H23F4N3O3S. The molecule has 0 aliphatic carbocycles. The first-order valence-corrected chi connectivity index (χ1v) is 11.4. The van der Waals surface area contributed by atoms with Crippen LogP contribution in [0.15, 0.2) is 47.4 Å². The SMILES string of the molecule is NC[C@@H]1CCCN1S(=O)(=O)c1ccc(CC(=O)NCc2ccc(C(F)(F)F)cc2)cc1F. The standard InChI is InChI=1S/C21H23F4N3O3S/c22-18-10-15(5-8-19(18)32(30,31)28-9-1-2-17(28)12-26)11-20(29)27-13-14-3-6-16(7-4-14)21(23,24)25/h3-8,10,17H,1-2,9,11-13,26H2,(H,27,29)/t17-/m0/s1. The summed E-state index contributed by atoms with van der Waals surface area (Å²) in [6.45, 7) is 0.428. The molecule has 3 N–H and O–H groups in total. The van der Waals surface area contributed by atoms with E-state index < -0.39 is 38.4 Å². The molecule has 1 heterocycles. The first kappa shape index (κ1) is 24.1. The summed E-state index contributed by atoms with van der Waals surface area (Å²) in [4.78, 5) is 11.7. The zero-order valence-corrected chi connectivity index (χ0v) is 17.8. The van der Waals surface area contributed by atoms with E-state index in [-0.39, 0.29) is 37.7 Å². The third-order valence-electron chi connectivity index (χ3n) is 5.31. The van der Waals surface area contributed by atoms with Gasteiger partial charge in [0.05, 0.1) is 12.0 Å². The summed E-state index contributed by atoms with van der Waals surface area (Å²) in [6.07, 6.45) is -3.38. The van der Waals surface area contributed by atoms with Crippen molar-refractivity contribution in [3.63, 3.8) is 0 Å². The predicted molar refractivity (Wildman–Crippen MR) is 109 cm³/mol. The maximum atomic E-state index is 14.6. The summed E-state index contributed by atoms with van der Waals surface area (Å²) in [5.41, 5.74) is 5.57. The third-order valence-corrected chi connectivity index (χ3v) is 7.30. The number of nitrogens with zero attached hydrogens (tertiary/aromatic N) is 1. The van der Waals surface area contributed by atoms with Gasteiger partial charge in [0.15, 0.2) is 0 Å². The fraction of sp³-hybridized carbons (Fsp3) is 0.381. The first-order valence-electron chi connectivity index (χ1n) is 9.95. The highest BCUT2D eigenvalue weighted by Gasteiger charge is 2.36. The van der Waals surface area contributed by atoms with Gasteiger partial charge in [0, 0.05) is 25.7 Å². The predicted octanol–water partition coefficient (Wildman–Crippen LogP) is 2.82. The van der Waals surface area contributed by atoms with Gasteiger partial charge in [0.2, 0.25) is 15.9 Å². The fourth-order valence-electron chi connectivity index (χ4n) is 3.61. The minimum atomic E-state index is -4.44. The van der Waals surface area contributed by atoms with Gasteiger partial charge < -0.3 is 11.1 Å². The Hall–Kier alpha value is -2.50. The van der Waals surface area contributed by atoms with Crippen molar-refractivity contribution in [1.82, 2.24) is 9.62 Å². The molecule has 1 aliphatic heterocycles. The Labute approximate surface area is 183 Å². The molecular weight excluding hydrogens is 450 g/mol. The Morgan fingerprint density at radius 1 is 1.12 bits per heavy atom. The molecule has 11 heteroatoms. The van der Waals surface area contributed by atoms with E-state index in [1.54, 1.807) is 0 Å². The van der Waals surface area contributed by atoms with Crippen molar-refractivity contribution >= 4 is 15.9 Å². The third kappa shape index (κ3) is 5.45. The summed E-state index contributed by atoms with van der Waals surface area (Å²) in [5.74, 6) is -1.44. The largest absolute Gasteiger partial charge is 0.416 e. The molecule has 0 saturated carbocycles. The zero-order valence-electron chi connectivity index (χ0n) is 17.0. The molecule has 3 rings (SSSR count). The maximum absolute atomic E-state index is 14.6. The Balaban J connectivity index is 1.62. The maximum Gasteiger partial charge on any atom is 0.416 e. The molecule has 1 amide bonds. The van der Waals surface area contributed by atoms with Crippen LogP contribution in [-0.2, 0) is 34.0 Å². The summed E-state index contributed by atoms with van der Waals surface area (Å²) in [7, 11) is -4.04. The van der Waals surface area contributed by atoms with E-state index >= 15 is 0 Å². The molecule has 1 atom stereocenters. The average Bonchev–Trinajstić information content (AvgIpc) is 3.22. The van der Waals surface area contributed by atoms with E-state index in [0.717, 1.165) is 24.3 Å². The second kappa shape index (κ2) is 9.55. The Morgan fingerprint density at radius 2 is 1.78 bits per heavy atom. The van der Waals surface area contributed by atoms with Crippen molar-refractivity contribution in [3.05, 3.63) is 65.0 Å². The van der Waals surface area contributed by atoms with Crippen molar-refractivity contribution < 1.29 is 30.8 Å². The monoisotopic (exact) mass is 473 g/mol. The van der Waals surface area contributed by atoms with Crippen LogP contribution >= 0.6 is 0 Å². The lowest BCUT2D eigenvalue weighted by atomic mass is 10.1. The number of nitrogens with two attached hydrogens (primary N) is 1. The van der Waals surface area contributed by atoms with E-state index in [2.05, 4.69) is 5.32 Å². The van der Waals surface area contributed by atoms with Crippen LogP contribution in [0.25, 0.3) is 0 Å². The van der Waals surface area contributed by atoms with Crippen LogP contribution in [0.1, 0.15) is 29.5 Å². The normalized spacial score (nSPS) is 17.5. The number of alkyl halides is 3. The van der Waals surface area contributed by atoms with Crippen LogP contribution < -0.4 is 11.1 Å². The molecule has 0 bridgehead atoms. The molecule has 2 aromatic rings. The molecule has 0 spiro atoms. The summed E-state index contributed by atoms with van der Waals surface area (Å²) in [6, 6.07) is 7.49. The number of amides is 1. The number of benzene rings is 2. The van der Waals surface area contributed by atoms with E-state index in [0.29, 0.717) is 18.4 Å². The van der Waals surface area contributed by atoms with Crippen molar-refractivity contribution in [2.24, 2.45) is 5.73 Å². The minimum Gasteiger partial charge on any atom is -0.352 e. The van der Waals surface area contributed by atoms with Gasteiger partial charge >= 0.3 is 6.18 Å². The van der Waals surface area contributed by atoms with Gasteiger partial charge in [-0.25, -0.2) is 12.8 Å². The van der Waals surface area contributed by atoms with Gasteiger partial charge in [-0.2, -0.15) is 17.5 Å². The molecule has 1 fully saturated rings. The van der Waals surface area contributed by atoms with E-state index in [1.165, 1.54) is 22.5 Å². The molecule has 32 heavy (non-hydrogen) atoms. The van der Waals surface area contributed by atoms with Gasteiger partial charge in [0.1, 0.15) is 10.7 Å². The number of rotatable bonds is 7. The lowest BCUT2D eigenvalue weighted by Gasteiger charge is -2.23. The molecule has 2 aromatic carbocycles. The lowest BCUT2D eigenvalue weighted by molar-refractivity contribution is -0.137. The van der Waals surface area contributed by atoms with Crippen LogP contribution in [0.3, 0.4) is 0 Å². The van der Waals surface area contributed by atoms with Gasteiger partial charge in [0.25, 0.3) is 0 Å². The topological polar surface area (TPSA) is 92.5 Å². The van der Waals surface area contributed by atoms with Crippen LogP contribution in [0.5, 0.6) is 0 Å². The van der Waals surface area contributed by atoms with E-state index in [4.69, 9.17) is 5.73 Å². The average molecular weight is 473 g/mol. The molecule has 174 valence electrons. The molecule has 6 nitrogen and oxygen atoms in total. The number of carbonyl (C=O) groups excluding carboxylic acids is 1. The van der Waals surface area contributed by atoms with Gasteiger partial charge in [-0.15, -0.1) is 0 Å². The van der Waals surface area contributed by atoms with E-state index in [9.17, 15) is 30.8 Å². The molecule has 1 aliphatic rings. The second-order valence-corrected chi connectivity index (χ2v) is 9.42. The summed E-state index contributed by atoms with van der Waals surface area (Å²) in [5, 5.41) is 2.55. The highest BCUT2D eigenvalue weighted by Crippen LogP contribution is 2.29. The highest BCUT2D eigenvalue weighted by molar-refractivity contribution is 7.89. The van der Waals surface area contributed by atoms with Gasteiger partial charge in [-0.05, 0) is 48.2 Å². The van der Waals surface area contributed by atoms with Gasteiger partial charge in [-0.3, -0.25) is 4.79 Å². The van der Waals surface area contributed by atoms with Crippen LogP contribution in [-0.4, -0.2) is 37.8 Å². The van der Waals surface area contributed by atoms with Gasteiger partial charge in [-0.1, -0.05) is 18.2 Å². The number of nitrogens with one attached hydrogen (secondary N) is 1. The quantitative estimate of drug-likeness (QED) is 0.605. The summed E-state index contributed by atoms with van der Waals surface area (Å²) >= 11 is 0. The van der Waals surface area contributed by atoms with Crippen LogP contribution in [0.4, 0.5) is 17.6 Å². The Morgan fingerprint density at radius 3 is 2.38 bits per heavy atom. The number of hydrogen-bond acceptors (Lipinski definition) is 4. The first-order chi connectivity index (χ1) is 15.0. The highest BCUT2D eigenvalue weighted by atomic mass is 32.2. The van der Waals surface area contributed by atoms with Crippen molar-refractivity contribution in [2.75, 3.05) is 13.1 Å². The molecule has 0 radical (unpaired) electrons. The zero-order chi connectivity index (χ0) is 23.5. The van der Waals surface area contributed by atoms with E-state index in [1.807, 2.05) is 0 Å². The van der Waals surface area contributed by atoms with Crippen LogP contribution in [0, 0.1) is 5.82 Å². The number of carbonyl (C=O) groups is 1. The molecule has 1 saturated heterocycles. The number of halogens is 4.